The second-order valence-corrected chi connectivity index (χ2v) is 10.4. The lowest BCUT2D eigenvalue weighted by Crippen LogP contribution is -2.46. The van der Waals surface area contributed by atoms with Gasteiger partial charge in [0.25, 0.3) is 0 Å². The van der Waals surface area contributed by atoms with Gasteiger partial charge in [0.1, 0.15) is 12.4 Å². The average Bonchev–Trinajstić information content (AvgIpc) is 2.75. The van der Waals surface area contributed by atoms with Crippen molar-refractivity contribution in [3.8, 4) is 5.75 Å². The molecule has 0 aromatic heterocycles. The highest BCUT2D eigenvalue weighted by Gasteiger charge is 2.31. The van der Waals surface area contributed by atoms with Crippen molar-refractivity contribution >= 4 is 15.9 Å². The third-order valence-corrected chi connectivity index (χ3v) is 7.55. The summed E-state index contributed by atoms with van der Waals surface area (Å²) in [6.45, 7) is 6.99. The Balaban J connectivity index is 1.45. The zero-order valence-corrected chi connectivity index (χ0v) is 19.3. The highest BCUT2D eigenvalue weighted by atomic mass is 32.2. The molecule has 0 radical (unpaired) electrons. The first-order valence-corrected chi connectivity index (χ1v) is 12.4. The van der Waals surface area contributed by atoms with Crippen LogP contribution in [0.4, 0.5) is 0 Å². The Morgan fingerprint density at radius 2 is 1.74 bits per heavy atom. The van der Waals surface area contributed by atoms with E-state index < -0.39 is 10.0 Å². The summed E-state index contributed by atoms with van der Waals surface area (Å²) in [7, 11) is -3.39. The fourth-order valence-electron chi connectivity index (χ4n) is 3.71. The van der Waals surface area contributed by atoms with Gasteiger partial charge in [-0.1, -0.05) is 42.0 Å². The van der Waals surface area contributed by atoms with Gasteiger partial charge in [-0.25, -0.2) is 12.7 Å². The van der Waals surface area contributed by atoms with Crippen molar-refractivity contribution in [2.24, 2.45) is 5.92 Å². The first-order chi connectivity index (χ1) is 14.7. The van der Waals surface area contributed by atoms with Gasteiger partial charge in [0.15, 0.2) is 0 Å². The zero-order valence-electron chi connectivity index (χ0n) is 18.5. The van der Waals surface area contributed by atoms with E-state index in [0.717, 1.165) is 16.9 Å². The van der Waals surface area contributed by atoms with Crippen LogP contribution in [0.1, 0.15) is 36.5 Å². The molecule has 1 unspecified atom stereocenters. The van der Waals surface area contributed by atoms with Crippen molar-refractivity contribution in [1.82, 2.24) is 9.62 Å². The Morgan fingerprint density at radius 3 is 2.39 bits per heavy atom. The Bertz CT molecular complexity index is 981. The number of benzene rings is 2. The molecule has 0 spiro atoms. The quantitative estimate of drug-likeness (QED) is 0.677. The zero-order chi connectivity index (χ0) is 22.4. The van der Waals surface area contributed by atoms with E-state index in [0.29, 0.717) is 32.5 Å². The molecule has 1 N–H and O–H groups in total. The van der Waals surface area contributed by atoms with E-state index in [1.165, 1.54) is 9.87 Å². The lowest BCUT2D eigenvalue weighted by molar-refractivity contribution is -0.126. The minimum absolute atomic E-state index is 0.00389. The van der Waals surface area contributed by atoms with E-state index in [2.05, 4.69) is 5.32 Å². The minimum atomic E-state index is -3.39. The van der Waals surface area contributed by atoms with Crippen LogP contribution in [0.2, 0.25) is 0 Å². The van der Waals surface area contributed by atoms with E-state index in [-0.39, 0.29) is 23.6 Å². The maximum Gasteiger partial charge on any atom is 0.223 e. The van der Waals surface area contributed by atoms with Gasteiger partial charge in [0, 0.05) is 19.0 Å². The van der Waals surface area contributed by atoms with Gasteiger partial charge in [0.2, 0.25) is 15.9 Å². The smallest absolute Gasteiger partial charge is 0.223 e. The average molecular weight is 445 g/mol. The summed E-state index contributed by atoms with van der Waals surface area (Å²) in [5, 5.41) is 3.00. The normalized spacial score (nSPS) is 16.6. The number of piperidine rings is 1. The van der Waals surface area contributed by atoms with Gasteiger partial charge in [0.05, 0.1) is 11.8 Å². The number of nitrogens with one attached hydrogen (secondary N) is 1. The van der Waals surface area contributed by atoms with Gasteiger partial charge >= 0.3 is 0 Å². The van der Waals surface area contributed by atoms with Crippen LogP contribution in [-0.2, 0) is 20.6 Å². The third kappa shape index (κ3) is 6.55. The predicted octanol–water partition coefficient (Wildman–Crippen LogP) is 3.43. The molecule has 1 heterocycles. The molecule has 1 aliphatic heterocycles. The molecular weight excluding hydrogens is 412 g/mol. The molecule has 2 aromatic rings. The Labute approximate surface area is 185 Å². The first kappa shape index (κ1) is 23.3. The number of hydrogen-bond acceptors (Lipinski definition) is 4. The van der Waals surface area contributed by atoms with E-state index in [9.17, 15) is 13.2 Å². The van der Waals surface area contributed by atoms with Crippen molar-refractivity contribution in [2.45, 2.75) is 45.4 Å². The number of sulfonamides is 1. The summed E-state index contributed by atoms with van der Waals surface area (Å²) >= 11 is 0. The van der Waals surface area contributed by atoms with Crippen molar-refractivity contribution < 1.29 is 17.9 Å². The number of hydrogen-bond donors (Lipinski definition) is 1. The number of amides is 1. The van der Waals surface area contributed by atoms with Crippen molar-refractivity contribution in [1.29, 1.82) is 0 Å². The largest absolute Gasteiger partial charge is 0.491 e. The molecule has 1 atom stereocenters. The van der Waals surface area contributed by atoms with Gasteiger partial charge in [-0.15, -0.1) is 0 Å². The predicted molar refractivity (Wildman–Crippen MR) is 122 cm³/mol. The van der Waals surface area contributed by atoms with Crippen LogP contribution >= 0.6 is 0 Å². The van der Waals surface area contributed by atoms with Crippen LogP contribution in [0.15, 0.2) is 48.5 Å². The third-order valence-electron chi connectivity index (χ3n) is 5.73. The topological polar surface area (TPSA) is 75.7 Å². The summed E-state index contributed by atoms with van der Waals surface area (Å²) in [4.78, 5) is 12.6. The highest BCUT2D eigenvalue weighted by molar-refractivity contribution is 7.88. The molecule has 1 saturated heterocycles. The van der Waals surface area contributed by atoms with E-state index in [1.807, 2.05) is 69.3 Å². The van der Waals surface area contributed by atoms with Crippen LogP contribution in [0.25, 0.3) is 0 Å². The van der Waals surface area contributed by atoms with Gasteiger partial charge in [-0.05, 0) is 56.9 Å². The van der Waals surface area contributed by atoms with Crippen molar-refractivity contribution in [2.75, 3.05) is 19.7 Å². The maximum atomic E-state index is 12.8. The molecule has 0 saturated carbocycles. The maximum absolute atomic E-state index is 12.8. The monoisotopic (exact) mass is 444 g/mol. The lowest BCUT2D eigenvalue weighted by atomic mass is 9.97. The van der Waals surface area contributed by atoms with Crippen molar-refractivity contribution in [3.63, 3.8) is 0 Å². The highest BCUT2D eigenvalue weighted by Crippen LogP contribution is 2.23. The summed E-state index contributed by atoms with van der Waals surface area (Å²) in [6.07, 6.45) is 1.06. The summed E-state index contributed by atoms with van der Waals surface area (Å²) in [5.74, 6) is 0.575. The number of carbonyl (C=O) groups excluding carboxylic acids is 1. The summed E-state index contributed by atoms with van der Waals surface area (Å²) in [6, 6.07) is 15.2. The molecule has 2 aromatic carbocycles. The molecule has 31 heavy (non-hydrogen) atoms. The molecule has 7 heteroatoms. The molecule has 168 valence electrons. The molecule has 0 aliphatic carbocycles. The van der Waals surface area contributed by atoms with Crippen LogP contribution in [-0.4, -0.2) is 44.4 Å². The van der Waals surface area contributed by atoms with Crippen LogP contribution in [0.5, 0.6) is 5.75 Å². The summed E-state index contributed by atoms with van der Waals surface area (Å²) < 4.78 is 32.9. The molecule has 1 fully saturated rings. The number of carbonyl (C=O) groups is 1. The Kier molecular flexibility index (Phi) is 7.73. The standard InChI is InChI=1S/C24H32N2O4S/c1-18-8-10-23(11-9-18)30-16-20(3)25-24(27)21-12-14-26(15-13-21)31(28,29)17-22-7-5-4-6-19(22)2/h4-11,20-21H,12-17H2,1-3H3,(H,25,27). The molecule has 1 amide bonds. The Morgan fingerprint density at radius 1 is 1.10 bits per heavy atom. The van der Waals surface area contributed by atoms with Crippen LogP contribution in [0.3, 0.4) is 0 Å². The van der Waals surface area contributed by atoms with Crippen molar-refractivity contribution in [3.05, 3.63) is 65.2 Å². The molecular formula is C24H32N2O4S. The fourth-order valence-corrected chi connectivity index (χ4v) is 5.38. The number of rotatable bonds is 8. The van der Waals surface area contributed by atoms with Gasteiger partial charge in [-0.3, -0.25) is 4.79 Å². The molecule has 1 aliphatic rings. The fraction of sp³-hybridized carbons (Fsp3) is 0.458. The van der Waals surface area contributed by atoms with Crippen LogP contribution < -0.4 is 10.1 Å². The van der Waals surface area contributed by atoms with Gasteiger partial charge in [-0.2, -0.15) is 0 Å². The molecule has 6 nitrogen and oxygen atoms in total. The lowest BCUT2D eigenvalue weighted by Gasteiger charge is -2.31. The Hall–Kier alpha value is -2.38. The molecule has 3 rings (SSSR count). The number of ether oxygens (including phenoxy) is 1. The van der Waals surface area contributed by atoms with E-state index in [1.54, 1.807) is 0 Å². The second kappa shape index (κ2) is 10.3. The van der Waals surface area contributed by atoms with E-state index in [4.69, 9.17) is 4.74 Å². The number of aryl methyl sites for hydroxylation is 2. The van der Waals surface area contributed by atoms with Crippen LogP contribution in [0, 0.1) is 19.8 Å². The summed E-state index contributed by atoms with van der Waals surface area (Å²) in [5.41, 5.74) is 2.97. The first-order valence-electron chi connectivity index (χ1n) is 10.8. The SMILES string of the molecule is Cc1ccc(OCC(C)NC(=O)C2CCN(S(=O)(=O)Cc3ccccc3C)CC2)cc1. The molecule has 0 bridgehead atoms. The van der Waals surface area contributed by atoms with Gasteiger partial charge < -0.3 is 10.1 Å². The number of nitrogens with zero attached hydrogens (tertiary/aromatic N) is 1. The minimum Gasteiger partial charge on any atom is -0.491 e. The van der Waals surface area contributed by atoms with E-state index >= 15 is 0 Å². The second-order valence-electron chi connectivity index (χ2n) is 8.39.